The molecule has 0 heterocycles. The molecular formula is C15H22F3NO3. The summed E-state index contributed by atoms with van der Waals surface area (Å²) >= 11 is 0. The second-order valence-corrected chi connectivity index (χ2v) is 4.96. The highest BCUT2D eigenvalue weighted by Crippen LogP contribution is 2.29. The molecule has 0 fully saturated rings. The molecule has 2 N–H and O–H groups in total. The molecule has 4 nitrogen and oxygen atoms in total. The largest absolute Gasteiger partial charge is 0.493 e. The summed E-state index contributed by atoms with van der Waals surface area (Å²) < 4.78 is 52.6. The molecule has 0 radical (unpaired) electrons. The van der Waals surface area contributed by atoms with E-state index in [-0.39, 0.29) is 6.42 Å². The van der Waals surface area contributed by atoms with Crippen LogP contribution in [0.25, 0.3) is 0 Å². The number of methoxy groups -OCH3 is 2. The zero-order valence-corrected chi connectivity index (χ0v) is 12.8. The highest BCUT2D eigenvalue weighted by Gasteiger charge is 2.30. The Balaban J connectivity index is 2.68. The standard InChI is InChI=1S/C15H22F3NO3/c1-20-6-3-7-22-14-9-11(4-5-13(14)21-2)8-12(19)10-15(16,17)18/h4-5,9,12H,3,6-8,10,19H2,1-2H3/t12-/m1/s1. The Kier molecular flexibility index (Phi) is 7.47. The summed E-state index contributed by atoms with van der Waals surface area (Å²) in [6.07, 6.45) is -4.44. The molecule has 0 unspecified atom stereocenters. The van der Waals surface area contributed by atoms with Crippen LogP contribution in [0.1, 0.15) is 18.4 Å². The zero-order chi connectivity index (χ0) is 16.6. The summed E-state index contributed by atoms with van der Waals surface area (Å²) in [6.45, 7) is 1.00. The van der Waals surface area contributed by atoms with E-state index in [0.717, 1.165) is 0 Å². The fourth-order valence-corrected chi connectivity index (χ4v) is 2.02. The maximum atomic E-state index is 12.3. The van der Waals surface area contributed by atoms with Gasteiger partial charge in [0.1, 0.15) is 0 Å². The van der Waals surface area contributed by atoms with Gasteiger partial charge in [-0.1, -0.05) is 6.07 Å². The lowest BCUT2D eigenvalue weighted by Crippen LogP contribution is -2.29. The lowest BCUT2D eigenvalue weighted by molar-refractivity contribution is -0.138. The summed E-state index contributed by atoms with van der Waals surface area (Å²) in [4.78, 5) is 0. The zero-order valence-electron chi connectivity index (χ0n) is 12.8. The minimum absolute atomic E-state index is 0.123. The number of ether oxygens (including phenoxy) is 3. The van der Waals surface area contributed by atoms with E-state index in [1.165, 1.54) is 7.11 Å². The summed E-state index contributed by atoms with van der Waals surface area (Å²) in [7, 11) is 3.11. The van der Waals surface area contributed by atoms with Gasteiger partial charge < -0.3 is 19.9 Å². The van der Waals surface area contributed by atoms with Crippen LogP contribution in [0.2, 0.25) is 0 Å². The molecule has 0 aromatic heterocycles. The van der Waals surface area contributed by atoms with Gasteiger partial charge in [0.2, 0.25) is 0 Å². The van der Waals surface area contributed by atoms with Gasteiger partial charge in [-0.25, -0.2) is 0 Å². The first kappa shape index (κ1) is 18.6. The predicted octanol–water partition coefficient (Wildman–Crippen LogP) is 2.93. The summed E-state index contributed by atoms with van der Waals surface area (Å²) in [5.41, 5.74) is 6.22. The normalized spacial score (nSPS) is 13.0. The van der Waals surface area contributed by atoms with Gasteiger partial charge in [0, 0.05) is 26.2 Å². The van der Waals surface area contributed by atoms with Crippen LogP contribution < -0.4 is 15.2 Å². The second-order valence-electron chi connectivity index (χ2n) is 4.96. The van der Waals surface area contributed by atoms with Crippen molar-refractivity contribution in [2.45, 2.75) is 31.5 Å². The van der Waals surface area contributed by atoms with Gasteiger partial charge in [-0.2, -0.15) is 13.2 Å². The molecular weight excluding hydrogens is 299 g/mol. The average Bonchev–Trinajstić information content (AvgIpc) is 2.42. The van der Waals surface area contributed by atoms with Crippen molar-refractivity contribution in [3.8, 4) is 11.5 Å². The van der Waals surface area contributed by atoms with E-state index in [9.17, 15) is 13.2 Å². The van der Waals surface area contributed by atoms with Crippen molar-refractivity contribution in [2.24, 2.45) is 5.73 Å². The fourth-order valence-electron chi connectivity index (χ4n) is 2.02. The van der Waals surface area contributed by atoms with E-state index in [4.69, 9.17) is 19.9 Å². The second kappa shape index (κ2) is 8.85. The van der Waals surface area contributed by atoms with Crippen LogP contribution in [0, 0.1) is 0 Å². The molecule has 1 atom stereocenters. The van der Waals surface area contributed by atoms with Crippen molar-refractivity contribution in [2.75, 3.05) is 27.4 Å². The minimum Gasteiger partial charge on any atom is -0.493 e. The monoisotopic (exact) mass is 321 g/mol. The Labute approximate surface area is 128 Å². The number of benzene rings is 1. The molecule has 0 aliphatic heterocycles. The van der Waals surface area contributed by atoms with Crippen LogP contribution in [0.4, 0.5) is 13.2 Å². The Bertz CT molecular complexity index is 452. The first-order valence-corrected chi connectivity index (χ1v) is 6.96. The van der Waals surface area contributed by atoms with Crippen molar-refractivity contribution >= 4 is 0 Å². The molecule has 1 aromatic carbocycles. The van der Waals surface area contributed by atoms with Gasteiger partial charge in [-0.05, 0) is 24.1 Å². The third kappa shape index (κ3) is 7.00. The van der Waals surface area contributed by atoms with Crippen molar-refractivity contribution in [3.05, 3.63) is 23.8 Å². The molecule has 22 heavy (non-hydrogen) atoms. The summed E-state index contributed by atoms with van der Waals surface area (Å²) in [6, 6.07) is 4.05. The third-order valence-corrected chi connectivity index (χ3v) is 2.97. The van der Waals surface area contributed by atoms with E-state index in [2.05, 4.69) is 0 Å². The Morgan fingerprint density at radius 1 is 1.14 bits per heavy atom. The number of hydrogen-bond donors (Lipinski definition) is 1. The number of hydrogen-bond acceptors (Lipinski definition) is 4. The summed E-state index contributed by atoms with van der Waals surface area (Å²) in [5.74, 6) is 1.03. The third-order valence-electron chi connectivity index (χ3n) is 2.97. The highest BCUT2D eigenvalue weighted by molar-refractivity contribution is 5.43. The molecule has 126 valence electrons. The fraction of sp³-hybridized carbons (Fsp3) is 0.600. The Morgan fingerprint density at radius 3 is 2.45 bits per heavy atom. The lowest BCUT2D eigenvalue weighted by Gasteiger charge is -2.16. The van der Waals surface area contributed by atoms with Gasteiger partial charge in [-0.15, -0.1) is 0 Å². The van der Waals surface area contributed by atoms with Crippen molar-refractivity contribution < 1.29 is 27.4 Å². The SMILES string of the molecule is COCCCOc1cc(C[C@@H](N)CC(F)(F)F)ccc1OC. The van der Waals surface area contributed by atoms with E-state index >= 15 is 0 Å². The maximum absolute atomic E-state index is 12.3. The smallest absolute Gasteiger partial charge is 0.390 e. The topological polar surface area (TPSA) is 53.7 Å². The van der Waals surface area contributed by atoms with Gasteiger partial charge >= 0.3 is 6.18 Å². The first-order valence-electron chi connectivity index (χ1n) is 6.96. The minimum atomic E-state index is -4.26. The molecule has 0 aliphatic carbocycles. The van der Waals surface area contributed by atoms with Gasteiger partial charge in [-0.3, -0.25) is 0 Å². The van der Waals surface area contributed by atoms with Crippen LogP contribution in [0.3, 0.4) is 0 Å². The van der Waals surface area contributed by atoms with Crippen molar-refractivity contribution in [1.29, 1.82) is 0 Å². The van der Waals surface area contributed by atoms with Crippen molar-refractivity contribution in [3.63, 3.8) is 0 Å². The molecule has 0 saturated carbocycles. The molecule has 0 aliphatic rings. The number of rotatable bonds is 9. The van der Waals surface area contributed by atoms with Crippen LogP contribution in [0.5, 0.6) is 11.5 Å². The maximum Gasteiger partial charge on any atom is 0.390 e. The van der Waals surface area contributed by atoms with Crippen LogP contribution in [-0.2, 0) is 11.2 Å². The molecule has 0 spiro atoms. The van der Waals surface area contributed by atoms with Gasteiger partial charge in [0.25, 0.3) is 0 Å². The molecule has 1 aromatic rings. The predicted molar refractivity (Wildman–Crippen MR) is 77.3 cm³/mol. The van der Waals surface area contributed by atoms with Crippen LogP contribution in [-0.4, -0.2) is 39.7 Å². The van der Waals surface area contributed by atoms with Crippen molar-refractivity contribution in [1.82, 2.24) is 0 Å². The molecule has 0 bridgehead atoms. The number of halogens is 3. The number of nitrogens with two attached hydrogens (primary N) is 1. The van der Waals surface area contributed by atoms with E-state index in [1.807, 2.05) is 0 Å². The Hall–Kier alpha value is -1.47. The molecule has 0 saturated heterocycles. The lowest BCUT2D eigenvalue weighted by atomic mass is 10.0. The van der Waals surface area contributed by atoms with Crippen LogP contribution >= 0.6 is 0 Å². The van der Waals surface area contributed by atoms with E-state index in [1.54, 1.807) is 25.3 Å². The number of alkyl halides is 3. The quantitative estimate of drug-likeness (QED) is 0.711. The average molecular weight is 321 g/mol. The molecule has 7 heteroatoms. The Morgan fingerprint density at radius 2 is 1.86 bits per heavy atom. The highest BCUT2D eigenvalue weighted by atomic mass is 19.4. The molecule has 1 rings (SSSR count). The molecule has 0 amide bonds. The van der Waals surface area contributed by atoms with E-state index < -0.39 is 18.6 Å². The van der Waals surface area contributed by atoms with E-state index in [0.29, 0.717) is 36.7 Å². The van der Waals surface area contributed by atoms with Crippen LogP contribution in [0.15, 0.2) is 18.2 Å². The van der Waals surface area contributed by atoms with Gasteiger partial charge in [0.15, 0.2) is 11.5 Å². The first-order chi connectivity index (χ1) is 10.4. The summed E-state index contributed by atoms with van der Waals surface area (Å²) in [5, 5.41) is 0. The van der Waals surface area contributed by atoms with Gasteiger partial charge in [0.05, 0.1) is 20.1 Å².